The highest BCUT2D eigenvalue weighted by molar-refractivity contribution is 7.90. The van der Waals surface area contributed by atoms with Crippen LogP contribution in [0.3, 0.4) is 0 Å². The van der Waals surface area contributed by atoms with Gasteiger partial charge in [0.05, 0.1) is 23.3 Å². The number of aliphatic hydroxyl groups excluding tert-OH is 1. The van der Waals surface area contributed by atoms with Crippen molar-refractivity contribution in [1.82, 2.24) is 0 Å². The fourth-order valence-corrected chi connectivity index (χ4v) is 4.22. The van der Waals surface area contributed by atoms with Gasteiger partial charge in [0.1, 0.15) is 11.6 Å². The molecule has 3 N–H and O–H groups in total. The third kappa shape index (κ3) is 4.44. The quantitative estimate of drug-likeness (QED) is 0.659. The van der Waals surface area contributed by atoms with Crippen LogP contribution in [-0.2, 0) is 15.6 Å². The predicted molar refractivity (Wildman–Crippen MR) is 103 cm³/mol. The van der Waals surface area contributed by atoms with Crippen LogP contribution in [0.1, 0.15) is 17.2 Å². The van der Waals surface area contributed by atoms with E-state index in [0.29, 0.717) is 16.7 Å². The summed E-state index contributed by atoms with van der Waals surface area (Å²) in [5.41, 5.74) is 7.62. The van der Waals surface area contributed by atoms with Crippen molar-refractivity contribution in [3.63, 3.8) is 0 Å². The summed E-state index contributed by atoms with van der Waals surface area (Å²) >= 11 is 0. The minimum absolute atomic E-state index is 0.0932. The van der Waals surface area contributed by atoms with Crippen molar-refractivity contribution in [2.75, 3.05) is 6.61 Å². The number of benzene rings is 3. The SMILES string of the molecule is N[C@@H](CO)c1cccc(CS(=O)(=O)c2ccc(-c3ccc(F)cc3F)cc2)c1. The molecule has 0 spiro atoms. The minimum atomic E-state index is -3.64. The Morgan fingerprint density at radius 2 is 1.68 bits per heavy atom. The molecule has 3 rings (SSSR count). The Labute approximate surface area is 162 Å². The van der Waals surface area contributed by atoms with Gasteiger partial charge in [-0.2, -0.15) is 0 Å². The maximum absolute atomic E-state index is 13.9. The van der Waals surface area contributed by atoms with Gasteiger partial charge in [-0.3, -0.25) is 0 Å². The molecule has 0 heterocycles. The number of nitrogens with two attached hydrogens (primary N) is 1. The lowest BCUT2D eigenvalue weighted by atomic mass is 10.1. The highest BCUT2D eigenvalue weighted by Crippen LogP contribution is 2.26. The van der Waals surface area contributed by atoms with Crippen molar-refractivity contribution in [2.24, 2.45) is 5.73 Å². The lowest BCUT2D eigenvalue weighted by molar-refractivity contribution is 0.268. The summed E-state index contributed by atoms with van der Waals surface area (Å²) in [7, 11) is -3.64. The summed E-state index contributed by atoms with van der Waals surface area (Å²) in [6.07, 6.45) is 0. The third-order valence-corrected chi connectivity index (χ3v) is 6.09. The summed E-state index contributed by atoms with van der Waals surface area (Å²) in [5, 5.41) is 9.15. The van der Waals surface area contributed by atoms with Gasteiger partial charge in [-0.15, -0.1) is 0 Å². The average Bonchev–Trinajstić information content (AvgIpc) is 2.67. The Balaban J connectivity index is 1.85. The van der Waals surface area contributed by atoms with Gasteiger partial charge in [0, 0.05) is 11.6 Å². The van der Waals surface area contributed by atoms with E-state index in [2.05, 4.69) is 0 Å². The second kappa shape index (κ2) is 8.18. The molecule has 0 bridgehead atoms. The maximum atomic E-state index is 13.9. The van der Waals surface area contributed by atoms with Crippen molar-refractivity contribution in [3.8, 4) is 11.1 Å². The molecule has 0 amide bonds. The second-order valence-electron chi connectivity index (χ2n) is 6.44. The molecule has 1 atom stereocenters. The van der Waals surface area contributed by atoms with Crippen molar-refractivity contribution >= 4 is 9.84 Å². The summed E-state index contributed by atoms with van der Waals surface area (Å²) in [6.45, 7) is -0.238. The fourth-order valence-electron chi connectivity index (χ4n) is 2.89. The molecule has 4 nitrogen and oxygen atoms in total. The van der Waals surface area contributed by atoms with Crippen LogP contribution in [0.15, 0.2) is 71.6 Å². The zero-order valence-electron chi connectivity index (χ0n) is 14.8. The molecule has 146 valence electrons. The fraction of sp³-hybridized carbons (Fsp3) is 0.143. The van der Waals surface area contributed by atoms with Gasteiger partial charge >= 0.3 is 0 Å². The number of halogens is 2. The molecule has 0 aliphatic carbocycles. The van der Waals surface area contributed by atoms with E-state index >= 15 is 0 Å². The first-order chi connectivity index (χ1) is 13.3. The van der Waals surface area contributed by atoms with E-state index < -0.39 is 27.5 Å². The highest BCUT2D eigenvalue weighted by Gasteiger charge is 2.17. The normalized spacial score (nSPS) is 12.7. The van der Waals surface area contributed by atoms with E-state index in [1.54, 1.807) is 24.3 Å². The van der Waals surface area contributed by atoms with Crippen LogP contribution in [-0.4, -0.2) is 20.1 Å². The zero-order valence-corrected chi connectivity index (χ0v) is 15.7. The number of sulfone groups is 1. The van der Waals surface area contributed by atoms with Crippen LogP contribution in [0.4, 0.5) is 8.78 Å². The number of rotatable bonds is 6. The second-order valence-corrected chi connectivity index (χ2v) is 8.43. The molecule has 0 saturated heterocycles. The standard InChI is InChI=1S/C21H19F2NO3S/c22-17-6-9-19(20(23)11-17)15-4-7-18(8-5-15)28(26,27)13-14-2-1-3-16(10-14)21(24)12-25/h1-11,21,25H,12-13,24H2/t21-/m0/s1. The molecule has 0 radical (unpaired) electrons. The van der Waals surface area contributed by atoms with Gasteiger partial charge in [0.25, 0.3) is 0 Å². The summed E-state index contributed by atoms with van der Waals surface area (Å²) in [6, 6.07) is 15.2. The van der Waals surface area contributed by atoms with Gasteiger partial charge in [-0.25, -0.2) is 17.2 Å². The van der Waals surface area contributed by atoms with Crippen molar-refractivity contribution in [3.05, 3.63) is 89.5 Å². The Bertz CT molecular complexity index is 1080. The van der Waals surface area contributed by atoms with E-state index in [1.807, 2.05) is 0 Å². The van der Waals surface area contributed by atoms with Crippen molar-refractivity contribution < 1.29 is 22.3 Å². The lowest BCUT2D eigenvalue weighted by Gasteiger charge is -2.11. The monoisotopic (exact) mass is 403 g/mol. The molecule has 0 aromatic heterocycles. The topological polar surface area (TPSA) is 80.4 Å². The van der Waals surface area contributed by atoms with E-state index in [-0.39, 0.29) is 22.8 Å². The first-order valence-electron chi connectivity index (χ1n) is 8.53. The Kier molecular flexibility index (Phi) is 5.88. The Morgan fingerprint density at radius 3 is 2.32 bits per heavy atom. The van der Waals surface area contributed by atoms with Crippen LogP contribution >= 0.6 is 0 Å². The Morgan fingerprint density at radius 1 is 0.964 bits per heavy atom. The van der Waals surface area contributed by atoms with Crippen LogP contribution in [0, 0.1) is 11.6 Å². The molecule has 3 aromatic carbocycles. The van der Waals surface area contributed by atoms with Gasteiger partial charge < -0.3 is 10.8 Å². The van der Waals surface area contributed by atoms with Gasteiger partial charge in [0.2, 0.25) is 0 Å². The number of aliphatic hydroxyl groups is 1. The summed E-state index contributed by atoms with van der Waals surface area (Å²) in [5.74, 6) is -1.63. The van der Waals surface area contributed by atoms with E-state index in [0.717, 1.165) is 12.1 Å². The molecular formula is C21H19F2NO3S. The largest absolute Gasteiger partial charge is 0.394 e. The van der Waals surface area contributed by atoms with Crippen molar-refractivity contribution in [2.45, 2.75) is 16.7 Å². The predicted octanol–water partition coefficient (Wildman–Crippen LogP) is 3.60. The average molecular weight is 403 g/mol. The van der Waals surface area contributed by atoms with E-state index in [4.69, 9.17) is 10.8 Å². The first-order valence-corrected chi connectivity index (χ1v) is 10.2. The van der Waals surface area contributed by atoms with Crippen molar-refractivity contribution in [1.29, 1.82) is 0 Å². The molecule has 7 heteroatoms. The maximum Gasteiger partial charge on any atom is 0.182 e. The van der Waals surface area contributed by atoms with Crippen LogP contribution < -0.4 is 5.73 Å². The molecule has 28 heavy (non-hydrogen) atoms. The Hall–Kier alpha value is -2.61. The van der Waals surface area contributed by atoms with Crippen LogP contribution in [0.2, 0.25) is 0 Å². The zero-order chi connectivity index (χ0) is 20.3. The summed E-state index contributed by atoms with van der Waals surface area (Å²) < 4.78 is 52.4. The molecule has 0 unspecified atom stereocenters. The molecule has 0 aliphatic heterocycles. The third-order valence-electron chi connectivity index (χ3n) is 4.39. The van der Waals surface area contributed by atoms with Gasteiger partial charge in [0.15, 0.2) is 9.84 Å². The van der Waals surface area contributed by atoms with Gasteiger partial charge in [-0.05, 0) is 41.0 Å². The van der Waals surface area contributed by atoms with Gasteiger partial charge in [-0.1, -0.05) is 36.4 Å². The lowest BCUT2D eigenvalue weighted by Crippen LogP contribution is -2.15. The molecule has 0 fully saturated rings. The van der Waals surface area contributed by atoms with Crippen LogP contribution in [0.5, 0.6) is 0 Å². The smallest absolute Gasteiger partial charge is 0.182 e. The minimum Gasteiger partial charge on any atom is -0.394 e. The van der Waals surface area contributed by atoms with E-state index in [1.165, 1.54) is 30.3 Å². The molecule has 0 aliphatic rings. The number of hydrogen-bond acceptors (Lipinski definition) is 4. The molecule has 0 saturated carbocycles. The van der Waals surface area contributed by atoms with E-state index in [9.17, 15) is 17.2 Å². The van der Waals surface area contributed by atoms with Crippen LogP contribution in [0.25, 0.3) is 11.1 Å². The number of hydrogen-bond donors (Lipinski definition) is 2. The first kappa shape index (κ1) is 20.1. The summed E-state index contributed by atoms with van der Waals surface area (Å²) in [4.78, 5) is 0.0932. The highest BCUT2D eigenvalue weighted by atomic mass is 32.2. The molecular weight excluding hydrogens is 384 g/mol. The molecule has 3 aromatic rings.